The quantitative estimate of drug-likeness (QED) is 0.192. The number of hydrogen-bond donors (Lipinski definition) is 1. The Balaban J connectivity index is 1.43. The number of benzene rings is 1. The zero-order chi connectivity index (χ0) is 42.7. The number of aryl methyl sites for hydroxylation is 1. The van der Waals surface area contributed by atoms with E-state index in [1.807, 2.05) is 63.2 Å². The Bertz CT molecular complexity index is 1740. The van der Waals surface area contributed by atoms with Gasteiger partial charge in [-0.05, 0) is 79.1 Å². The van der Waals surface area contributed by atoms with Crippen molar-refractivity contribution in [2.24, 2.45) is 23.7 Å². The number of amides is 1. The van der Waals surface area contributed by atoms with Crippen LogP contribution in [-0.2, 0) is 44.6 Å². The molecular formula is C42H64N6O10. The minimum absolute atomic E-state index is 0.120. The Labute approximate surface area is 342 Å². The van der Waals surface area contributed by atoms with Gasteiger partial charge in [0.05, 0.1) is 30.4 Å². The summed E-state index contributed by atoms with van der Waals surface area (Å²) in [5, 5.41) is 24.3. The van der Waals surface area contributed by atoms with Crippen LogP contribution in [0.5, 0.6) is 0 Å². The first-order chi connectivity index (χ1) is 27.4. The van der Waals surface area contributed by atoms with E-state index in [9.17, 15) is 24.3 Å². The van der Waals surface area contributed by atoms with Crippen molar-refractivity contribution >= 4 is 23.6 Å². The van der Waals surface area contributed by atoms with Gasteiger partial charge in [-0.25, -0.2) is 4.79 Å². The Hall–Kier alpha value is -3.83. The molecule has 1 aromatic heterocycles. The fourth-order valence-electron chi connectivity index (χ4n) is 9.29. The highest BCUT2D eigenvalue weighted by atomic mass is 16.7. The zero-order valence-corrected chi connectivity index (χ0v) is 36.0. The van der Waals surface area contributed by atoms with Crippen molar-refractivity contribution in [3.05, 3.63) is 30.3 Å². The van der Waals surface area contributed by atoms with E-state index in [0.29, 0.717) is 31.6 Å². The van der Waals surface area contributed by atoms with Gasteiger partial charge in [0.15, 0.2) is 17.7 Å². The summed E-state index contributed by atoms with van der Waals surface area (Å²) in [6.07, 6.45) is -3.01. The lowest BCUT2D eigenvalue weighted by Crippen LogP contribution is -2.60. The second kappa shape index (κ2) is 18.6. The number of Topliss-reactive ketones (excluding diaryl/α,β-unsaturated/α-hetero) is 2. The number of methoxy groups -OCH3 is 1. The van der Waals surface area contributed by atoms with Crippen LogP contribution >= 0.6 is 0 Å². The monoisotopic (exact) mass is 812 g/mol. The van der Waals surface area contributed by atoms with Gasteiger partial charge in [-0.3, -0.25) is 14.4 Å². The minimum atomic E-state index is -1.42. The van der Waals surface area contributed by atoms with Crippen molar-refractivity contribution < 1.29 is 48.0 Å². The molecule has 0 saturated carbocycles. The average molecular weight is 813 g/mol. The number of cyclic esters (lactones) is 1. The highest BCUT2D eigenvalue weighted by Crippen LogP contribution is 2.43. The maximum absolute atomic E-state index is 14.7. The first kappa shape index (κ1) is 45.3. The number of unbranched alkanes of at least 4 members (excludes halogenated alkanes) is 1. The number of hydrogen-bond acceptors (Lipinski definition) is 14. The van der Waals surface area contributed by atoms with Crippen LogP contribution in [0.2, 0.25) is 0 Å². The fourth-order valence-corrected chi connectivity index (χ4v) is 9.29. The summed E-state index contributed by atoms with van der Waals surface area (Å²) in [4.78, 5) is 61.8. The van der Waals surface area contributed by atoms with Crippen LogP contribution in [0.15, 0.2) is 30.3 Å². The van der Waals surface area contributed by atoms with E-state index in [1.165, 1.54) is 18.8 Å². The number of nitrogens with zero attached hydrogens (tertiary/aromatic N) is 6. The molecule has 1 amide bonds. The van der Waals surface area contributed by atoms with Gasteiger partial charge in [0.2, 0.25) is 5.82 Å². The summed E-state index contributed by atoms with van der Waals surface area (Å²) in [6.45, 7) is 14.6. The fraction of sp³-hybridized carbons (Fsp3) is 0.738. The number of aliphatic hydroxyl groups is 1. The lowest BCUT2D eigenvalue weighted by molar-refractivity contribution is -0.295. The lowest BCUT2D eigenvalue weighted by atomic mass is 9.73. The molecular weight excluding hydrogens is 748 g/mol. The predicted molar refractivity (Wildman–Crippen MR) is 212 cm³/mol. The Morgan fingerprint density at radius 1 is 0.966 bits per heavy atom. The van der Waals surface area contributed by atoms with Crippen molar-refractivity contribution in [1.29, 1.82) is 0 Å². The summed E-state index contributed by atoms with van der Waals surface area (Å²) in [5.41, 5.74) is -1.84. The molecule has 322 valence electrons. The molecule has 1 aromatic carbocycles. The van der Waals surface area contributed by atoms with Crippen LogP contribution < -0.4 is 0 Å². The molecule has 0 bridgehead atoms. The molecule has 3 aliphatic heterocycles. The number of rotatable bonds is 11. The molecule has 0 unspecified atom stereocenters. The van der Waals surface area contributed by atoms with E-state index in [2.05, 4.69) is 15.4 Å². The summed E-state index contributed by atoms with van der Waals surface area (Å²) >= 11 is 0. The van der Waals surface area contributed by atoms with Gasteiger partial charge < -0.3 is 38.6 Å². The SMILES string of the molecule is CC[C@H]1OC(=O)[C@H](C)C(=O)[C@H](C)[C@@H](O[C@@H]2O[C@H](C)C[C@H](N(C)C)[C@H]2O)[C@](C)(OC)C[C@@H](C)C(=O)[C@H](C)[C@H]2N(CCCCn3nnc(-c4ccccc4)n3)C(=O)O[C@]12C. The number of carbonyl (C=O) groups excluding carboxylic acids is 4. The number of ketones is 2. The molecule has 13 atom stereocenters. The normalized spacial score (nSPS) is 36.7. The van der Waals surface area contributed by atoms with Crippen LogP contribution in [0.1, 0.15) is 87.5 Å². The highest BCUT2D eigenvalue weighted by molar-refractivity contribution is 6.00. The van der Waals surface area contributed by atoms with Gasteiger partial charge in [0.25, 0.3) is 0 Å². The number of likely N-dealkylation sites (N-methyl/N-ethyl adjacent to an activating group) is 1. The number of aliphatic hydroxyl groups excluding tert-OH is 1. The standard InChI is InChI=1S/C42H64N6O10/c1-12-31-42(8)35(47(40(53)58-42)20-16-17-21-48-44-37(43-45-48)29-18-14-13-15-19-29)26(4)32(49)24(2)23-41(7,54-11)36(27(5)33(50)28(6)38(52)56-31)57-39-34(51)30(46(9)10)22-25(3)55-39/h13-15,18-19,24-28,30-31,34-36,39,51H,12,16-17,20-23H2,1-11H3/t24-,25-,26+,27+,28-,30+,31-,34-,35-,36-,39+,41-,42-/m1/s1. The molecule has 58 heavy (non-hydrogen) atoms. The second-order valence-corrected chi connectivity index (χ2v) is 17.2. The summed E-state index contributed by atoms with van der Waals surface area (Å²) in [6, 6.07) is 8.45. The highest BCUT2D eigenvalue weighted by Gasteiger charge is 2.60. The van der Waals surface area contributed by atoms with E-state index in [4.69, 9.17) is 23.7 Å². The molecule has 0 radical (unpaired) electrons. The van der Waals surface area contributed by atoms with Crippen molar-refractivity contribution in [2.45, 2.75) is 148 Å². The van der Waals surface area contributed by atoms with Crippen molar-refractivity contribution in [2.75, 3.05) is 27.7 Å². The van der Waals surface area contributed by atoms with Crippen molar-refractivity contribution in [3.63, 3.8) is 0 Å². The smallest absolute Gasteiger partial charge is 0.410 e. The third-order valence-corrected chi connectivity index (χ3v) is 12.7. The summed E-state index contributed by atoms with van der Waals surface area (Å²) < 4.78 is 31.2. The van der Waals surface area contributed by atoms with Crippen LogP contribution in [-0.4, -0.2) is 140 Å². The molecule has 3 fully saturated rings. The van der Waals surface area contributed by atoms with E-state index >= 15 is 0 Å². The van der Waals surface area contributed by atoms with Gasteiger partial charge in [0.1, 0.15) is 23.9 Å². The van der Waals surface area contributed by atoms with E-state index in [1.54, 1.807) is 39.5 Å². The van der Waals surface area contributed by atoms with Gasteiger partial charge in [-0.15, -0.1) is 10.2 Å². The summed E-state index contributed by atoms with van der Waals surface area (Å²) in [7, 11) is 5.23. The molecule has 3 aliphatic rings. The topological polar surface area (TPSA) is 185 Å². The number of tetrazole rings is 1. The Morgan fingerprint density at radius 2 is 1.64 bits per heavy atom. The number of carbonyl (C=O) groups is 4. The zero-order valence-electron chi connectivity index (χ0n) is 36.0. The second-order valence-electron chi connectivity index (χ2n) is 17.2. The summed E-state index contributed by atoms with van der Waals surface area (Å²) in [5.74, 6) is -4.51. The minimum Gasteiger partial charge on any atom is -0.458 e. The number of esters is 1. The van der Waals surface area contributed by atoms with Gasteiger partial charge >= 0.3 is 12.1 Å². The van der Waals surface area contributed by atoms with Crippen LogP contribution in [0.4, 0.5) is 4.79 Å². The van der Waals surface area contributed by atoms with Crippen LogP contribution in [0.25, 0.3) is 11.4 Å². The van der Waals surface area contributed by atoms with E-state index in [0.717, 1.165) is 5.56 Å². The van der Waals surface area contributed by atoms with Gasteiger partial charge in [-0.2, -0.15) is 4.80 Å². The average Bonchev–Trinajstić information content (AvgIpc) is 3.78. The first-order valence-electron chi connectivity index (χ1n) is 20.7. The van der Waals surface area contributed by atoms with Crippen molar-refractivity contribution in [3.8, 4) is 11.4 Å². The molecule has 0 aliphatic carbocycles. The Kier molecular flexibility index (Phi) is 14.5. The first-order valence-corrected chi connectivity index (χ1v) is 20.7. The predicted octanol–water partition coefficient (Wildman–Crippen LogP) is 4.32. The Morgan fingerprint density at radius 3 is 2.28 bits per heavy atom. The molecule has 16 nitrogen and oxygen atoms in total. The van der Waals surface area contributed by atoms with E-state index < -0.39 is 83.4 Å². The third kappa shape index (κ3) is 9.30. The largest absolute Gasteiger partial charge is 0.458 e. The number of fused-ring (bicyclic) bond motifs is 1. The maximum Gasteiger partial charge on any atom is 0.410 e. The molecule has 5 rings (SSSR count). The van der Waals surface area contributed by atoms with Crippen molar-refractivity contribution in [1.82, 2.24) is 30.0 Å². The molecule has 4 heterocycles. The van der Waals surface area contributed by atoms with Gasteiger partial charge in [0, 0.05) is 43.0 Å². The van der Waals surface area contributed by atoms with Gasteiger partial charge in [-0.1, -0.05) is 58.0 Å². The molecule has 1 N–H and O–H groups in total. The molecule has 3 saturated heterocycles. The maximum atomic E-state index is 14.7. The third-order valence-electron chi connectivity index (χ3n) is 12.7. The van der Waals surface area contributed by atoms with E-state index in [-0.39, 0.29) is 37.3 Å². The van der Waals surface area contributed by atoms with Crippen LogP contribution in [0.3, 0.4) is 0 Å². The molecule has 16 heteroatoms. The number of aromatic nitrogens is 4. The molecule has 2 aromatic rings. The number of ether oxygens (including phenoxy) is 5. The lowest BCUT2D eigenvalue weighted by Gasteiger charge is -2.47. The van der Waals surface area contributed by atoms with Crippen LogP contribution in [0, 0.1) is 23.7 Å². The molecule has 0 spiro atoms.